The molecule has 4 heteroatoms. The maximum Gasteiger partial charge on any atom is 0.161 e. The maximum absolute atomic E-state index is 5.92. The fourth-order valence-electron chi connectivity index (χ4n) is 2.33. The molecule has 1 saturated heterocycles. The maximum atomic E-state index is 5.92. The standard InChI is InChI=1S/C17H19NO2.ClH/c1-19-16-8-7-14(15-9-10-18-15)11-17(16)20-12-13-5-3-2-4-6-13;/h2-8,11,15,18H,9-10,12H2,1H3;1H/t15-;/m1./s1. The highest BCUT2D eigenvalue weighted by Crippen LogP contribution is 2.33. The Balaban J connectivity index is 0.00000161. The minimum Gasteiger partial charge on any atom is -0.493 e. The van der Waals surface area contributed by atoms with E-state index in [1.165, 1.54) is 12.0 Å². The molecular formula is C17H20ClNO2. The number of benzene rings is 2. The van der Waals surface area contributed by atoms with Crippen molar-refractivity contribution in [1.82, 2.24) is 5.32 Å². The largest absolute Gasteiger partial charge is 0.493 e. The van der Waals surface area contributed by atoms with Crippen molar-refractivity contribution in [2.24, 2.45) is 0 Å². The predicted octanol–water partition coefficient (Wildman–Crippen LogP) is 3.73. The van der Waals surface area contributed by atoms with Gasteiger partial charge in [-0.15, -0.1) is 12.4 Å². The van der Waals surface area contributed by atoms with Gasteiger partial charge in [-0.1, -0.05) is 36.4 Å². The van der Waals surface area contributed by atoms with Crippen molar-refractivity contribution in [1.29, 1.82) is 0 Å². The van der Waals surface area contributed by atoms with E-state index < -0.39 is 0 Å². The van der Waals surface area contributed by atoms with Gasteiger partial charge in [0, 0.05) is 6.04 Å². The van der Waals surface area contributed by atoms with E-state index in [0.717, 1.165) is 23.6 Å². The highest BCUT2D eigenvalue weighted by Gasteiger charge is 2.19. The van der Waals surface area contributed by atoms with E-state index >= 15 is 0 Å². The van der Waals surface area contributed by atoms with Crippen molar-refractivity contribution in [3.05, 3.63) is 59.7 Å². The third kappa shape index (κ3) is 3.69. The first-order chi connectivity index (χ1) is 9.86. The Kier molecular flexibility index (Phi) is 5.48. The highest BCUT2D eigenvalue weighted by molar-refractivity contribution is 5.85. The van der Waals surface area contributed by atoms with Crippen LogP contribution in [0.2, 0.25) is 0 Å². The molecule has 2 aromatic rings. The van der Waals surface area contributed by atoms with Crippen molar-refractivity contribution in [2.75, 3.05) is 13.7 Å². The summed E-state index contributed by atoms with van der Waals surface area (Å²) in [6.45, 7) is 1.65. The molecule has 0 amide bonds. The van der Waals surface area contributed by atoms with Gasteiger partial charge in [0.2, 0.25) is 0 Å². The Labute approximate surface area is 131 Å². The van der Waals surface area contributed by atoms with Gasteiger partial charge in [-0.05, 0) is 36.2 Å². The molecule has 0 spiro atoms. The second kappa shape index (κ2) is 7.34. The van der Waals surface area contributed by atoms with Gasteiger partial charge in [-0.2, -0.15) is 0 Å². The van der Waals surface area contributed by atoms with Crippen molar-refractivity contribution in [2.45, 2.75) is 19.1 Å². The predicted molar refractivity (Wildman–Crippen MR) is 86.4 cm³/mol. The zero-order valence-electron chi connectivity index (χ0n) is 12.0. The minimum absolute atomic E-state index is 0. The molecule has 0 aliphatic carbocycles. The molecule has 0 saturated carbocycles. The van der Waals surface area contributed by atoms with Crippen LogP contribution in [0.1, 0.15) is 23.6 Å². The molecule has 0 unspecified atom stereocenters. The van der Waals surface area contributed by atoms with Crippen LogP contribution in [-0.2, 0) is 6.61 Å². The summed E-state index contributed by atoms with van der Waals surface area (Å²) in [7, 11) is 1.67. The zero-order valence-corrected chi connectivity index (χ0v) is 12.9. The Bertz CT molecular complexity index is 570. The molecule has 1 N–H and O–H groups in total. The van der Waals surface area contributed by atoms with Crippen LogP contribution in [0.15, 0.2) is 48.5 Å². The van der Waals surface area contributed by atoms with Gasteiger partial charge >= 0.3 is 0 Å². The monoisotopic (exact) mass is 305 g/mol. The van der Waals surface area contributed by atoms with Crippen LogP contribution in [-0.4, -0.2) is 13.7 Å². The summed E-state index contributed by atoms with van der Waals surface area (Å²) < 4.78 is 11.3. The summed E-state index contributed by atoms with van der Waals surface area (Å²) in [6, 6.07) is 16.8. The number of halogens is 1. The average Bonchev–Trinajstić information content (AvgIpc) is 2.45. The lowest BCUT2D eigenvalue weighted by Crippen LogP contribution is -2.34. The summed E-state index contributed by atoms with van der Waals surface area (Å²) in [6.07, 6.45) is 1.18. The van der Waals surface area contributed by atoms with Gasteiger partial charge in [0.25, 0.3) is 0 Å². The topological polar surface area (TPSA) is 30.5 Å². The normalized spacial score (nSPS) is 16.5. The molecule has 112 valence electrons. The highest BCUT2D eigenvalue weighted by atomic mass is 35.5. The van der Waals surface area contributed by atoms with Crippen LogP contribution >= 0.6 is 12.4 Å². The molecule has 0 aromatic heterocycles. The third-order valence-corrected chi connectivity index (χ3v) is 3.65. The van der Waals surface area contributed by atoms with E-state index in [1.54, 1.807) is 7.11 Å². The summed E-state index contributed by atoms with van der Waals surface area (Å²) in [5, 5.41) is 3.40. The van der Waals surface area contributed by atoms with Crippen molar-refractivity contribution in [3.8, 4) is 11.5 Å². The molecule has 1 aliphatic rings. The van der Waals surface area contributed by atoms with Gasteiger partial charge in [-0.3, -0.25) is 0 Å². The number of rotatable bonds is 5. The molecule has 21 heavy (non-hydrogen) atoms. The van der Waals surface area contributed by atoms with Crippen LogP contribution in [0.3, 0.4) is 0 Å². The molecule has 0 radical (unpaired) electrons. The van der Waals surface area contributed by atoms with E-state index in [0.29, 0.717) is 12.6 Å². The molecule has 1 fully saturated rings. The average molecular weight is 306 g/mol. The zero-order chi connectivity index (χ0) is 13.8. The molecule has 2 aromatic carbocycles. The first-order valence-electron chi connectivity index (χ1n) is 6.95. The third-order valence-electron chi connectivity index (χ3n) is 3.65. The molecule has 3 rings (SSSR count). The second-order valence-corrected chi connectivity index (χ2v) is 4.98. The summed E-state index contributed by atoms with van der Waals surface area (Å²) in [4.78, 5) is 0. The lowest BCUT2D eigenvalue weighted by molar-refractivity contribution is 0.283. The van der Waals surface area contributed by atoms with E-state index in [9.17, 15) is 0 Å². The number of hydrogen-bond acceptors (Lipinski definition) is 3. The number of nitrogens with one attached hydrogen (secondary N) is 1. The number of ether oxygens (including phenoxy) is 2. The summed E-state index contributed by atoms with van der Waals surface area (Å²) in [5.41, 5.74) is 2.42. The van der Waals surface area contributed by atoms with Gasteiger partial charge in [0.05, 0.1) is 7.11 Å². The van der Waals surface area contributed by atoms with Crippen LogP contribution in [0.25, 0.3) is 0 Å². The lowest BCUT2D eigenvalue weighted by Gasteiger charge is -2.28. The van der Waals surface area contributed by atoms with Crippen molar-refractivity contribution < 1.29 is 9.47 Å². The van der Waals surface area contributed by atoms with Crippen molar-refractivity contribution >= 4 is 12.4 Å². The Morgan fingerprint density at radius 2 is 1.86 bits per heavy atom. The Morgan fingerprint density at radius 3 is 2.48 bits per heavy atom. The molecule has 1 heterocycles. The van der Waals surface area contributed by atoms with E-state index in [4.69, 9.17) is 9.47 Å². The Hall–Kier alpha value is -1.71. The molecule has 1 aliphatic heterocycles. The van der Waals surface area contributed by atoms with Crippen LogP contribution in [0.5, 0.6) is 11.5 Å². The van der Waals surface area contributed by atoms with Crippen LogP contribution in [0, 0.1) is 0 Å². The van der Waals surface area contributed by atoms with Crippen molar-refractivity contribution in [3.63, 3.8) is 0 Å². The molecule has 3 nitrogen and oxygen atoms in total. The summed E-state index contributed by atoms with van der Waals surface area (Å²) >= 11 is 0. The van der Waals surface area contributed by atoms with Gasteiger partial charge in [0.1, 0.15) is 6.61 Å². The van der Waals surface area contributed by atoms with Gasteiger partial charge < -0.3 is 14.8 Å². The Morgan fingerprint density at radius 1 is 1.10 bits per heavy atom. The van der Waals surface area contributed by atoms with Crippen LogP contribution < -0.4 is 14.8 Å². The smallest absolute Gasteiger partial charge is 0.161 e. The SMILES string of the molecule is COc1ccc([C@H]2CCN2)cc1OCc1ccccc1.Cl. The van der Waals surface area contributed by atoms with E-state index in [2.05, 4.69) is 29.6 Å². The quantitative estimate of drug-likeness (QED) is 0.913. The minimum atomic E-state index is 0. The fourth-order valence-corrected chi connectivity index (χ4v) is 2.33. The van der Waals surface area contributed by atoms with Crippen LogP contribution in [0.4, 0.5) is 0 Å². The summed E-state index contributed by atoms with van der Waals surface area (Å²) in [5.74, 6) is 1.59. The van der Waals surface area contributed by atoms with E-state index in [-0.39, 0.29) is 12.4 Å². The molecule has 1 atom stereocenters. The first-order valence-corrected chi connectivity index (χ1v) is 6.95. The first kappa shape index (κ1) is 15.7. The lowest BCUT2D eigenvalue weighted by atomic mass is 9.98. The number of hydrogen-bond donors (Lipinski definition) is 1. The number of methoxy groups -OCH3 is 1. The van der Waals surface area contributed by atoms with E-state index in [1.807, 2.05) is 24.3 Å². The fraction of sp³-hybridized carbons (Fsp3) is 0.294. The second-order valence-electron chi connectivity index (χ2n) is 4.98. The van der Waals surface area contributed by atoms with Gasteiger partial charge in [0.15, 0.2) is 11.5 Å². The molecular weight excluding hydrogens is 286 g/mol. The van der Waals surface area contributed by atoms with Gasteiger partial charge in [-0.25, -0.2) is 0 Å². The molecule has 0 bridgehead atoms.